The number of hydrogen-bond donors (Lipinski definition) is 2. The molecule has 150 valence electrons. The number of aryl methyl sites for hydroxylation is 1. The van der Waals surface area contributed by atoms with Crippen molar-refractivity contribution < 1.29 is 9.53 Å². The van der Waals surface area contributed by atoms with Gasteiger partial charge in [-0.05, 0) is 32.1 Å². The Kier molecular flexibility index (Phi) is 6.10. The summed E-state index contributed by atoms with van der Waals surface area (Å²) in [6.07, 6.45) is 8.35. The molecule has 1 atom stereocenters. The van der Waals surface area contributed by atoms with Crippen LogP contribution in [0.2, 0.25) is 0 Å². The zero-order chi connectivity index (χ0) is 18.6. The van der Waals surface area contributed by atoms with Crippen molar-refractivity contribution in [2.45, 2.75) is 57.0 Å². The number of rotatable bonds is 6. The van der Waals surface area contributed by atoms with E-state index in [9.17, 15) is 4.79 Å². The van der Waals surface area contributed by atoms with Crippen molar-refractivity contribution >= 4 is 5.91 Å². The van der Waals surface area contributed by atoms with Gasteiger partial charge in [-0.15, -0.1) is 0 Å². The molecule has 1 aromatic heterocycles. The standard InChI is InChI=1S/C20H33N5O2/c1-24-18-7-6-16(22-15-4-2-3-5-15)14-17(18)19(23-24)20(26)21-8-9-25-10-12-27-13-11-25/h15-16,22H,2-14H2,1H3,(H,21,26). The third-order valence-corrected chi connectivity index (χ3v) is 6.31. The summed E-state index contributed by atoms with van der Waals surface area (Å²) in [4.78, 5) is 15.1. The summed E-state index contributed by atoms with van der Waals surface area (Å²) >= 11 is 0. The van der Waals surface area contributed by atoms with Crippen LogP contribution in [0.25, 0.3) is 0 Å². The number of fused-ring (bicyclic) bond motifs is 1. The second kappa shape index (κ2) is 8.71. The maximum Gasteiger partial charge on any atom is 0.272 e. The largest absolute Gasteiger partial charge is 0.379 e. The number of carbonyl (C=O) groups excluding carboxylic acids is 1. The molecule has 0 spiro atoms. The molecule has 0 aromatic carbocycles. The molecule has 2 N–H and O–H groups in total. The second-order valence-electron chi connectivity index (χ2n) is 8.20. The first kappa shape index (κ1) is 18.9. The van der Waals surface area contributed by atoms with Crippen LogP contribution < -0.4 is 10.6 Å². The summed E-state index contributed by atoms with van der Waals surface area (Å²) in [6, 6.07) is 1.14. The lowest BCUT2D eigenvalue weighted by Gasteiger charge is -2.27. The van der Waals surface area contributed by atoms with Crippen molar-refractivity contribution in [3.05, 3.63) is 17.0 Å². The predicted octanol–water partition coefficient (Wildman–Crippen LogP) is 0.872. The fraction of sp³-hybridized carbons (Fsp3) is 0.800. The summed E-state index contributed by atoms with van der Waals surface area (Å²) in [5.74, 6) is -0.0263. The maximum atomic E-state index is 12.8. The van der Waals surface area contributed by atoms with Crippen LogP contribution in [0.5, 0.6) is 0 Å². The Bertz CT molecular complexity index is 647. The van der Waals surface area contributed by atoms with Crippen molar-refractivity contribution in [2.75, 3.05) is 39.4 Å². The van der Waals surface area contributed by atoms with Crippen LogP contribution >= 0.6 is 0 Å². The van der Waals surface area contributed by atoms with Crippen LogP contribution in [0.4, 0.5) is 0 Å². The van der Waals surface area contributed by atoms with Crippen LogP contribution in [0, 0.1) is 0 Å². The fourth-order valence-electron chi connectivity index (χ4n) is 4.78. The van der Waals surface area contributed by atoms with E-state index in [0.717, 1.165) is 57.7 Å². The molecule has 2 heterocycles. The van der Waals surface area contributed by atoms with E-state index < -0.39 is 0 Å². The Morgan fingerprint density at radius 3 is 2.74 bits per heavy atom. The predicted molar refractivity (Wildman–Crippen MR) is 104 cm³/mol. The van der Waals surface area contributed by atoms with E-state index in [1.54, 1.807) is 0 Å². The van der Waals surface area contributed by atoms with Gasteiger partial charge in [0, 0.05) is 56.6 Å². The Morgan fingerprint density at radius 1 is 1.19 bits per heavy atom. The summed E-state index contributed by atoms with van der Waals surface area (Å²) in [6.45, 7) is 5.00. The molecule has 7 nitrogen and oxygen atoms in total. The minimum absolute atomic E-state index is 0.0263. The fourth-order valence-corrected chi connectivity index (χ4v) is 4.78. The molecule has 1 amide bonds. The van der Waals surface area contributed by atoms with Gasteiger partial charge in [-0.2, -0.15) is 5.10 Å². The molecule has 27 heavy (non-hydrogen) atoms. The highest BCUT2D eigenvalue weighted by Gasteiger charge is 2.29. The average Bonchev–Trinajstić information content (AvgIpc) is 3.30. The number of morpholine rings is 1. The van der Waals surface area contributed by atoms with Gasteiger partial charge in [0.15, 0.2) is 5.69 Å². The molecule has 4 rings (SSSR count). The minimum Gasteiger partial charge on any atom is -0.379 e. The molecular weight excluding hydrogens is 342 g/mol. The SMILES string of the molecule is Cn1nc(C(=O)NCCN2CCOCC2)c2c1CCC(NC1CCCC1)C2. The lowest BCUT2D eigenvalue weighted by molar-refractivity contribution is 0.0383. The van der Waals surface area contributed by atoms with E-state index in [1.807, 2.05) is 11.7 Å². The Morgan fingerprint density at radius 2 is 1.96 bits per heavy atom. The normalized spacial score (nSPS) is 24.1. The van der Waals surface area contributed by atoms with Crippen LogP contribution in [0.3, 0.4) is 0 Å². The van der Waals surface area contributed by atoms with Gasteiger partial charge in [-0.1, -0.05) is 12.8 Å². The molecule has 2 fully saturated rings. The first-order chi connectivity index (χ1) is 13.2. The zero-order valence-electron chi connectivity index (χ0n) is 16.5. The van der Waals surface area contributed by atoms with E-state index in [-0.39, 0.29) is 5.91 Å². The third kappa shape index (κ3) is 4.52. The number of nitrogens with one attached hydrogen (secondary N) is 2. The van der Waals surface area contributed by atoms with E-state index in [2.05, 4.69) is 20.6 Å². The second-order valence-corrected chi connectivity index (χ2v) is 8.20. The summed E-state index contributed by atoms with van der Waals surface area (Å²) < 4.78 is 7.29. The van der Waals surface area contributed by atoms with Gasteiger partial charge in [-0.25, -0.2) is 0 Å². The molecule has 1 saturated carbocycles. The zero-order valence-corrected chi connectivity index (χ0v) is 16.5. The van der Waals surface area contributed by atoms with E-state index >= 15 is 0 Å². The van der Waals surface area contributed by atoms with Gasteiger partial charge >= 0.3 is 0 Å². The number of aromatic nitrogens is 2. The molecule has 7 heteroatoms. The molecule has 3 aliphatic rings. The number of ether oxygens (including phenoxy) is 1. The first-order valence-corrected chi connectivity index (χ1v) is 10.6. The van der Waals surface area contributed by atoms with Gasteiger partial charge < -0.3 is 15.4 Å². The smallest absolute Gasteiger partial charge is 0.272 e. The molecule has 0 radical (unpaired) electrons. The van der Waals surface area contributed by atoms with E-state index in [0.29, 0.717) is 24.3 Å². The average molecular weight is 376 g/mol. The maximum absolute atomic E-state index is 12.8. The number of amides is 1. The number of hydrogen-bond acceptors (Lipinski definition) is 5. The quantitative estimate of drug-likeness (QED) is 0.772. The van der Waals surface area contributed by atoms with E-state index in [4.69, 9.17) is 4.74 Å². The highest BCUT2D eigenvalue weighted by molar-refractivity contribution is 5.94. The van der Waals surface area contributed by atoms with Crippen molar-refractivity contribution in [3.8, 4) is 0 Å². The summed E-state index contributed by atoms with van der Waals surface area (Å²) in [7, 11) is 1.97. The Hall–Kier alpha value is -1.44. The molecule has 0 bridgehead atoms. The highest BCUT2D eigenvalue weighted by atomic mass is 16.5. The van der Waals surface area contributed by atoms with Crippen molar-refractivity contribution in [1.29, 1.82) is 0 Å². The number of carbonyl (C=O) groups is 1. The van der Waals surface area contributed by atoms with Gasteiger partial charge in [0.25, 0.3) is 5.91 Å². The van der Waals surface area contributed by atoms with Crippen molar-refractivity contribution in [2.24, 2.45) is 7.05 Å². The van der Waals surface area contributed by atoms with E-state index in [1.165, 1.54) is 31.4 Å². The molecule has 2 aliphatic carbocycles. The third-order valence-electron chi connectivity index (χ3n) is 6.31. The topological polar surface area (TPSA) is 71.4 Å². The summed E-state index contributed by atoms with van der Waals surface area (Å²) in [5, 5.41) is 11.5. The summed E-state index contributed by atoms with van der Waals surface area (Å²) in [5.41, 5.74) is 3.02. The van der Waals surface area contributed by atoms with Gasteiger partial charge in [0.05, 0.1) is 13.2 Å². The van der Waals surface area contributed by atoms with Crippen molar-refractivity contribution in [3.63, 3.8) is 0 Å². The van der Waals surface area contributed by atoms with Gasteiger partial charge in [-0.3, -0.25) is 14.4 Å². The molecule has 1 aliphatic heterocycles. The molecular formula is C20H33N5O2. The highest BCUT2D eigenvalue weighted by Crippen LogP contribution is 2.26. The van der Waals surface area contributed by atoms with Gasteiger partial charge in [0.1, 0.15) is 0 Å². The van der Waals surface area contributed by atoms with Crippen LogP contribution in [-0.4, -0.2) is 72.1 Å². The molecule has 1 aromatic rings. The lowest BCUT2D eigenvalue weighted by atomic mass is 9.90. The first-order valence-electron chi connectivity index (χ1n) is 10.6. The number of nitrogens with zero attached hydrogens (tertiary/aromatic N) is 3. The van der Waals surface area contributed by atoms with Crippen molar-refractivity contribution in [1.82, 2.24) is 25.3 Å². The molecule has 1 saturated heterocycles. The lowest BCUT2D eigenvalue weighted by Crippen LogP contribution is -2.42. The van der Waals surface area contributed by atoms with Crippen LogP contribution in [-0.2, 0) is 24.6 Å². The Balaban J connectivity index is 1.34. The van der Waals surface area contributed by atoms with Crippen LogP contribution in [0.15, 0.2) is 0 Å². The Labute approximate surface area is 161 Å². The van der Waals surface area contributed by atoms with Gasteiger partial charge in [0.2, 0.25) is 0 Å². The van der Waals surface area contributed by atoms with Crippen LogP contribution in [0.1, 0.15) is 53.8 Å². The minimum atomic E-state index is -0.0263. The molecule has 1 unspecified atom stereocenters. The monoisotopic (exact) mass is 375 g/mol.